The first kappa shape index (κ1) is 21.4. The van der Waals surface area contributed by atoms with Crippen molar-refractivity contribution in [3.8, 4) is 17.3 Å². The fourth-order valence-electron chi connectivity index (χ4n) is 3.03. The molecule has 0 radical (unpaired) electrons. The minimum absolute atomic E-state index is 0.0763. The highest BCUT2D eigenvalue weighted by atomic mass is 19.1. The van der Waals surface area contributed by atoms with E-state index in [1.54, 1.807) is 24.3 Å². The molecule has 3 N–H and O–H groups in total. The molecular weight excluding hydrogens is 395 g/mol. The Morgan fingerprint density at radius 2 is 1.87 bits per heavy atom. The van der Waals surface area contributed by atoms with Crippen molar-refractivity contribution in [2.75, 3.05) is 6.61 Å². The van der Waals surface area contributed by atoms with Gasteiger partial charge in [0, 0.05) is 23.1 Å². The average Bonchev–Trinajstić information content (AvgIpc) is 3.10. The van der Waals surface area contributed by atoms with Crippen LogP contribution in [0.4, 0.5) is 13.2 Å². The van der Waals surface area contributed by atoms with Crippen molar-refractivity contribution >= 4 is 16.8 Å². The lowest BCUT2D eigenvalue weighted by atomic mass is 9.84. The van der Waals surface area contributed by atoms with Crippen LogP contribution in [0.1, 0.15) is 19.3 Å². The van der Waals surface area contributed by atoms with Crippen LogP contribution in [0.25, 0.3) is 22.2 Å². The highest BCUT2D eigenvalue weighted by Crippen LogP contribution is 2.27. The maximum Gasteiger partial charge on any atom is 0.224 e. The van der Waals surface area contributed by atoms with Crippen LogP contribution in [0, 0.1) is 34.7 Å². The lowest BCUT2D eigenvalue weighted by Crippen LogP contribution is -2.42. The van der Waals surface area contributed by atoms with Gasteiger partial charge in [-0.1, -0.05) is 6.42 Å². The smallest absolute Gasteiger partial charge is 0.224 e. The van der Waals surface area contributed by atoms with Gasteiger partial charge in [-0.2, -0.15) is 5.26 Å². The van der Waals surface area contributed by atoms with E-state index in [1.165, 1.54) is 18.2 Å². The standard InChI is InChI=1S/C14H8F3N.C8H12N2O2/c15-10-3-1-8(2-4-10)13-6-9-5-11(16)7-12(17)14(9)18-13;9-4-7(5-11)10-8(12)6-2-1-3-6/h1-7,18H;6-7,11H,1-3,5H2,(H,10,12). The van der Waals surface area contributed by atoms with Gasteiger partial charge in [0.1, 0.15) is 23.5 Å². The number of carbonyl (C=O) groups is 1. The second-order valence-corrected chi connectivity index (χ2v) is 7.04. The highest BCUT2D eigenvalue weighted by molar-refractivity contribution is 5.86. The third-order valence-electron chi connectivity index (χ3n) is 4.93. The summed E-state index contributed by atoms with van der Waals surface area (Å²) in [6, 6.07) is 10.6. The largest absolute Gasteiger partial charge is 0.393 e. The van der Waals surface area contributed by atoms with Crippen molar-refractivity contribution in [2.45, 2.75) is 25.3 Å². The van der Waals surface area contributed by atoms with E-state index in [9.17, 15) is 18.0 Å². The Hall–Kier alpha value is -3.31. The summed E-state index contributed by atoms with van der Waals surface area (Å²) in [5.41, 5.74) is 1.58. The number of fused-ring (bicyclic) bond motifs is 1. The summed E-state index contributed by atoms with van der Waals surface area (Å²) < 4.78 is 39.4. The molecule has 1 aliphatic carbocycles. The van der Waals surface area contributed by atoms with Gasteiger partial charge in [-0.15, -0.1) is 0 Å². The number of benzene rings is 2. The van der Waals surface area contributed by atoms with Crippen molar-refractivity contribution in [3.63, 3.8) is 0 Å². The number of aromatic nitrogens is 1. The van der Waals surface area contributed by atoms with Crippen molar-refractivity contribution in [3.05, 3.63) is 59.9 Å². The summed E-state index contributed by atoms with van der Waals surface area (Å²) in [7, 11) is 0. The van der Waals surface area contributed by atoms with Gasteiger partial charge in [0.15, 0.2) is 0 Å². The number of nitriles is 1. The number of nitrogens with one attached hydrogen (secondary N) is 2. The van der Waals surface area contributed by atoms with Gasteiger partial charge in [0.25, 0.3) is 0 Å². The van der Waals surface area contributed by atoms with E-state index in [0.29, 0.717) is 16.6 Å². The SMILES string of the molecule is Fc1ccc(-c2cc3cc(F)cc(F)c3[nH]2)cc1.N#CC(CO)NC(=O)C1CCC1. The van der Waals surface area contributed by atoms with Crippen molar-refractivity contribution in [1.29, 1.82) is 5.26 Å². The lowest BCUT2D eigenvalue weighted by molar-refractivity contribution is -0.128. The zero-order valence-electron chi connectivity index (χ0n) is 16.0. The van der Waals surface area contributed by atoms with Gasteiger partial charge in [-0.3, -0.25) is 4.79 Å². The van der Waals surface area contributed by atoms with Gasteiger partial charge >= 0.3 is 0 Å². The predicted octanol–water partition coefficient (Wildman–Crippen LogP) is 4.04. The van der Waals surface area contributed by atoms with E-state index in [-0.39, 0.29) is 29.8 Å². The second-order valence-electron chi connectivity index (χ2n) is 7.04. The first-order valence-electron chi connectivity index (χ1n) is 9.46. The molecule has 1 aliphatic rings. The molecule has 1 saturated carbocycles. The summed E-state index contributed by atoms with van der Waals surface area (Å²) in [6.07, 6.45) is 2.92. The Morgan fingerprint density at radius 1 is 1.17 bits per heavy atom. The Bertz CT molecular complexity index is 1070. The van der Waals surface area contributed by atoms with E-state index < -0.39 is 17.7 Å². The normalized spacial score (nSPS) is 14.2. The molecule has 0 spiro atoms. The van der Waals surface area contributed by atoms with Crippen LogP contribution < -0.4 is 5.32 Å². The third kappa shape index (κ3) is 4.99. The maximum absolute atomic E-state index is 13.5. The summed E-state index contributed by atoms with van der Waals surface area (Å²) in [5, 5.41) is 20.0. The van der Waals surface area contributed by atoms with E-state index >= 15 is 0 Å². The molecule has 1 heterocycles. The minimum atomic E-state index is -0.738. The number of amides is 1. The predicted molar refractivity (Wildman–Crippen MR) is 106 cm³/mol. The molecule has 156 valence electrons. The minimum Gasteiger partial charge on any atom is -0.393 e. The third-order valence-corrected chi connectivity index (χ3v) is 4.93. The molecule has 1 fully saturated rings. The van der Waals surface area contributed by atoms with Gasteiger partial charge in [-0.05, 0) is 54.8 Å². The Balaban J connectivity index is 0.000000187. The molecule has 8 heteroatoms. The van der Waals surface area contributed by atoms with Gasteiger partial charge in [-0.25, -0.2) is 13.2 Å². The van der Waals surface area contributed by atoms with Gasteiger partial charge in [0.2, 0.25) is 5.91 Å². The fourth-order valence-corrected chi connectivity index (χ4v) is 3.03. The zero-order chi connectivity index (χ0) is 21.7. The zero-order valence-corrected chi connectivity index (χ0v) is 16.0. The Kier molecular flexibility index (Phi) is 6.75. The Labute approximate surface area is 171 Å². The van der Waals surface area contributed by atoms with Gasteiger partial charge in [0.05, 0.1) is 18.2 Å². The first-order chi connectivity index (χ1) is 14.4. The van der Waals surface area contributed by atoms with Gasteiger partial charge < -0.3 is 15.4 Å². The monoisotopic (exact) mass is 415 g/mol. The number of nitrogens with zero attached hydrogens (tertiary/aromatic N) is 1. The number of halogens is 3. The molecule has 3 aromatic rings. The summed E-state index contributed by atoms with van der Waals surface area (Å²) in [4.78, 5) is 14.0. The van der Waals surface area contributed by atoms with Crippen LogP contribution in [-0.2, 0) is 4.79 Å². The molecule has 0 bridgehead atoms. The van der Waals surface area contributed by atoms with Crippen molar-refractivity contribution in [1.82, 2.24) is 10.3 Å². The van der Waals surface area contributed by atoms with Crippen LogP contribution in [0.15, 0.2) is 42.5 Å². The molecule has 1 unspecified atom stereocenters. The molecule has 2 aromatic carbocycles. The van der Waals surface area contributed by atoms with E-state index in [2.05, 4.69) is 10.3 Å². The molecule has 5 nitrogen and oxygen atoms in total. The number of aliphatic hydroxyl groups excluding tert-OH is 1. The molecule has 0 aliphatic heterocycles. The van der Waals surface area contributed by atoms with Crippen LogP contribution in [-0.4, -0.2) is 28.6 Å². The quantitative estimate of drug-likeness (QED) is 0.601. The second kappa shape index (κ2) is 9.46. The van der Waals surface area contributed by atoms with Crippen molar-refractivity contribution in [2.24, 2.45) is 5.92 Å². The molecule has 1 aromatic heterocycles. The average molecular weight is 415 g/mol. The molecule has 0 saturated heterocycles. The number of hydrogen-bond acceptors (Lipinski definition) is 3. The molecule has 1 amide bonds. The fraction of sp³-hybridized carbons (Fsp3) is 0.273. The summed E-state index contributed by atoms with van der Waals surface area (Å²) >= 11 is 0. The van der Waals surface area contributed by atoms with Crippen molar-refractivity contribution < 1.29 is 23.1 Å². The van der Waals surface area contributed by atoms with Crippen LogP contribution in [0.5, 0.6) is 0 Å². The highest BCUT2D eigenvalue weighted by Gasteiger charge is 2.26. The maximum atomic E-state index is 13.5. The molecule has 4 rings (SSSR count). The summed E-state index contributed by atoms with van der Waals surface area (Å²) in [5.74, 6) is -1.62. The molecule has 1 atom stereocenters. The number of carbonyl (C=O) groups excluding carboxylic acids is 1. The number of aliphatic hydroxyl groups is 1. The van der Waals surface area contributed by atoms with E-state index in [0.717, 1.165) is 25.3 Å². The topological polar surface area (TPSA) is 88.9 Å². The van der Waals surface area contributed by atoms with Crippen LogP contribution >= 0.6 is 0 Å². The number of H-pyrrole nitrogens is 1. The molecule has 30 heavy (non-hydrogen) atoms. The van der Waals surface area contributed by atoms with Crippen LogP contribution in [0.2, 0.25) is 0 Å². The first-order valence-corrected chi connectivity index (χ1v) is 9.46. The molecular formula is C22H20F3N3O2. The Morgan fingerprint density at radius 3 is 2.43 bits per heavy atom. The van der Waals surface area contributed by atoms with E-state index in [4.69, 9.17) is 10.4 Å². The van der Waals surface area contributed by atoms with Crippen LogP contribution in [0.3, 0.4) is 0 Å². The number of aromatic amines is 1. The summed E-state index contributed by atoms with van der Waals surface area (Å²) in [6.45, 7) is -0.311. The lowest BCUT2D eigenvalue weighted by Gasteiger charge is -2.24. The number of rotatable bonds is 4. The van der Waals surface area contributed by atoms with E-state index in [1.807, 2.05) is 0 Å². The number of hydrogen-bond donors (Lipinski definition) is 3.